The van der Waals surface area contributed by atoms with Gasteiger partial charge in [0, 0.05) is 29.1 Å². The van der Waals surface area contributed by atoms with Gasteiger partial charge in [-0.3, -0.25) is 9.52 Å². The van der Waals surface area contributed by atoms with Crippen LogP contribution < -0.4 is 10.5 Å². The second kappa shape index (κ2) is 8.48. The van der Waals surface area contributed by atoms with Gasteiger partial charge in [0.1, 0.15) is 0 Å². The summed E-state index contributed by atoms with van der Waals surface area (Å²) in [7, 11) is 0. The molecule has 1 heterocycles. The molecule has 21 heavy (non-hydrogen) atoms. The molecule has 7 nitrogen and oxygen atoms in total. The molecular weight excluding hydrogens is 294 g/mol. The molecule has 0 aromatic heterocycles. The van der Waals surface area contributed by atoms with Crippen molar-refractivity contribution in [1.29, 1.82) is 0 Å². The smallest absolute Gasteiger partial charge is 0.257 e. The molecule has 116 valence electrons. The average Bonchev–Trinajstić information content (AvgIpc) is 2.52. The van der Waals surface area contributed by atoms with Crippen LogP contribution in [0.2, 0.25) is 0 Å². The van der Waals surface area contributed by atoms with Crippen molar-refractivity contribution in [3.05, 3.63) is 33.7 Å². The highest BCUT2D eigenvalue weighted by molar-refractivity contribution is 7.96. The molecule has 1 fully saturated rings. The molecule has 2 rings (SSSR count). The van der Waals surface area contributed by atoms with Crippen molar-refractivity contribution in [2.75, 3.05) is 25.1 Å². The number of piperidine rings is 1. The Morgan fingerprint density at radius 1 is 1.48 bits per heavy atom. The molecule has 1 aliphatic heterocycles. The van der Waals surface area contributed by atoms with E-state index < -0.39 is 0 Å². The maximum atomic E-state index is 12.4. The zero-order chi connectivity index (χ0) is 15.8. The second-order valence-electron chi connectivity index (χ2n) is 4.66. The van der Waals surface area contributed by atoms with Crippen LogP contribution in [0.25, 0.3) is 0 Å². The predicted octanol–water partition coefficient (Wildman–Crippen LogP) is 1.51. The molecule has 4 N–H and O–H groups in total. The summed E-state index contributed by atoms with van der Waals surface area (Å²) in [6.07, 6.45) is 4.01. The van der Waals surface area contributed by atoms with Gasteiger partial charge >= 0.3 is 0 Å². The Bertz CT molecular complexity index is 484. The minimum atomic E-state index is -0.155. The van der Waals surface area contributed by atoms with E-state index >= 15 is 0 Å². The number of phenols is 1. The Balaban J connectivity index is 0.00000106. The monoisotopic (exact) mass is 313 g/mol. The van der Waals surface area contributed by atoms with Crippen LogP contribution in [0.15, 0.2) is 18.2 Å². The lowest BCUT2D eigenvalue weighted by atomic mass is 10.0. The van der Waals surface area contributed by atoms with E-state index in [1.54, 1.807) is 35.0 Å². The first-order valence-corrected chi connectivity index (χ1v) is 7.68. The summed E-state index contributed by atoms with van der Waals surface area (Å²) in [5, 5.41) is 9.88. The molecule has 1 atom stereocenters. The SMILES string of the molecule is CSNC1CCCN(C(=O)c2cccc(N)c2O)C1.O=O. The first-order valence-electron chi connectivity index (χ1n) is 6.45. The van der Waals surface area contributed by atoms with Crippen LogP contribution in [0, 0.1) is 9.93 Å². The molecule has 0 spiro atoms. The van der Waals surface area contributed by atoms with Gasteiger partial charge in [0.2, 0.25) is 0 Å². The van der Waals surface area contributed by atoms with Crippen molar-refractivity contribution < 1.29 is 9.90 Å². The molecule has 1 amide bonds. The maximum absolute atomic E-state index is 12.4. The van der Waals surface area contributed by atoms with Crippen LogP contribution in [0.5, 0.6) is 5.75 Å². The van der Waals surface area contributed by atoms with Crippen molar-refractivity contribution in [1.82, 2.24) is 9.62 Å². The minimum absolute atomic E-state index is 0.118. The molecule has 0 saturated carbocycles. The standard InChI is InChI=1S/C13H19N3O2S.O2/c1-19-15-9-4-3-7-16(8-9)13(18)10-5-2-6-11(14)12(10)17;1-2/h2,5-6,9,15,17H,3-4,7-8,14H2,1H3;. The number of carbonyl (C=O) groups excluding carboxylic acids is 1. The van der Waals surface area contributed by atoms with Gasteiger partial charge in [-0.1, -0.05) is 18.0 Å². The molecule has 8 heteroatoms. The molecule has 1 aromatic carbocycles. The third kappa shape index (κ3) is 4.33. The van der Waals surface area contributed by atoms with Crippen molar-refractivity contribution in [3.8, 4) is 5.75 Å². The van der Waals surface area contributed by atoms with E-state index in [4.69, 9.17) is 15.7 Å². The molecule has 1 aliphatic rings. The van der Waals surface area contributed by atoms with E-state index in [0.29, 0.717) is 12.6 Å². The number of amides is 1. The summed E-state index contributed by atoms with van der Waals surface area (Å²) in [6, 6.07) is 5.18. The number of nitrogens with zero attached hydrogens (tertiary/aromatic N) is 1. The number of hydrogen-bond donors (Lipinski definition) is 3. The van der Waals surface area contributed by atoms with Crippen LogP contribution in [0.4, 0.5) is 5.69 Å². The fourth-order valence-electron chi connectivity index (χ4n) is 2.33. The fourth-order valence-corrected chi connectivity index (χ4v) is 2.85. The Labute approximate surface area is 127 Å². The minimum Gasteiger partial charge on any atom is -0.505 e. The molecule has 0 radical (unpaired) electrons. The molecule has 0 aliphatic carbocycles. The lowest BCUT2D eigenvalue weighted by Crippen LogP contribution is -2.46. The van der Waals surface area contributed by atoms with Gasteiger partial charge in [-0.2, -0.15) is 0 Å². The summed E-state index contributed by atoms with van der Waals surface area (Å²) < 4.78 is 3.28. The molecule has 0 bridgehead atoms. The highest BCUT2D eigenvalue weighted by Gasteiger charge is 2.26. The normalized spacial score (nSPS) is 17.8. The number of aromatic hydroxyl groups is 1. The molecule has 1 unspecified atom stereocenters. The van der Waals surface area contributed by atoms with E-state index in [-0.39, 0.29) is 22.9 Å². The number of benzene rings is 1. The third-order valence-electron chi connectivity index (χ3n) is 3.29. The summed E-state index contributed by atoms with van der Waals surface area (Å²) in [6.45, 7) is 1.38. The van der Waals surface area contributed by atoms with Gasteiger partial charge in [-0.15, -0.1) is 0 Å². The first-order chi connectivity index (χ1) is 10.1. The molecular formula is C13H19N3O4S. The molecule has 1 saturated heterocycles. The number of para-hydroxylation sites is 1. The van der Waals surface area contributed by atoms with Gasteiger partial charge < -0.3 is 15.7 Å². The number of nitrogens with two attached hydrogens (primary N) is 1. The van der Waals surface area contributed by atoms with Crippen molar-refractivity contribution in [2.45, 2.75) is 18.9 Å². The highest BCUT2D eigenvalue weighted by atomic mass is 32.2. The van der Waals surface area contributed by atoms with E-state index in [9.17, 15) is 9.90 Å². The topological polar surface area (TPSA) is 113 Å². The average molecular weight is 313 g/mol. The highest BCUT2D eigenvalue weighted by Crippen LogP contribution is 2.26. The first kappa shape index (κ1) is 17.3. The number of nitrogens with one attached hydrogen (secondary N) is 1. The summed E-state index contributed by atoms with van der Waals surface area (Å²) in [5.41, 5.74) is 6.15. The molecule has 1 aromatic rings. The van der Waals surface area contributed by atoms with Gasteiger partial charge in [-0.25, -0.2) is 0 Å². The Morgan fingerprint density at radius 2 is 2.19 bits per heavy atom. The number of rotatable bonds is 3. The lowest BCUT2D eigenvalue weighted by molar-refractivity contribution is 0.0701. The summed E-state index contributed by atoms with van der Waals surface area (Å²) >= 11 is 1.57. The number of hydrogen-bond acceptors (Lipinski definition) is 7. The van der Waals surface area contributed by atoms with E-state index in [1.807, 2.05) is 6.26 Å². The number of likely N-dealkylation sites (tertiary alicyclic amines) is 1. The van der Waals surface area contributed by atoms with E-state index in [0.717, 1.165) is 19.4 Å². The quantitative estimate of drug-likeness (QED) is 0.440. The van der Waals surface area contributed by atoms with E-state index in [2.05, 4.69) is 4.72 Å². The van der Waals surface area contributed by atoms with Gasteiger partial charge in [0.25, 0.3) is 5.91 Å². The number of nitrogen functional groups attached to an aromatic ring is 1. The Morgan fingerprint density at radius 3 is 2.86 bits per heavy atom. The zero-order valence-corrected chi connectivity index (χ0v) is 12.6. The van der Waals surface area contributed by atoms with Crippen LogP contribution >= 0.6 is 11.9 Å². The number of anilines is 1. The second-order valence-corrected chi connectivity index (χ2v) is 5.30. The van der Waals surface area contributed by atoms with Crippen molar-refractivity contribution in [2.24, 2.45) is 0 Å². The van der Waals surface area contributed by atoms with Crippen LogP contribution in [0.3, 0.4) is 0 Å². The van der Waals surface area contributed by atoms with Crippen molar-refractivity contribution in [3.63, 3.8) is 0 Å². The lowest BCUT2D eigenvalue weighted by Gasteiger charge is -2.33. The van der Waals surface area contributed by atoms with E-state index in [1.165, 1.54) is 0 Å². The predicted molar refractivity (Wildman–Crippen MR) is 84.8 cm³/mol. The van der Waals surface area contributed by atoms with Gasteiger partial charge in [0.05, 0.1) is 11.3 Å². The number of phenolic OH excluding ortho intramolecular Hbond substituents is 1. The van der Waals surface area contributed by atoms with Crippen LogP contribution in [-0.2, 0) is 0 Å². The summed E-state index contributed by atoms with van der Waals surface area (Å²) in [4.78, 5) is 28.2. The summed E-state index contributed by atoms with van der Waals surface area (Å²) in [5.74, 6) is -0.273. The maximum Gasteiger partial charge on any atom is 0.257 e. The Hall–Kier alpha value is -1.80. The zero-order valence-electron chi connectivity index (χ0n) is 11.7. The fraction of sp³-hybridized carbons (Fsp3) is 0.462. The van der Waals surface area contributed by atoms with Gasteiger partial charge in [0.15, 0.2) is 5.75 Å². The largest absolute Gasteiger partial charge is 0.505 e. The van der Waals surface area contributed by atoms with Gasteiger partial charge in [-0.05, 0) is 31.2 Å². The Kier molecular flexibility index (Phi) is 6.97. The van der Waals surface area contributed by atoms with Crippen LogP contribution in [-0.4, -0.2) is 41.3 Å². The third-order valence-corrected chi connectivity index (χ3v) is 3.86. The van der Waals surface area contributed by atoms with Crippen LogP contribution in [0.1, 0.15) is 23.2 Å². The van der Waals surface area contributed by atoms with Crippen molar-refractivity contribution >= 4 is 23.5 Å². The number of carbonyl (C=O) groups is 1.